The van der Waals surface area contributed by atoms with Crippen molar-refractivity contribution >= 4 is 51.7 Å². The standard InChI is InChI=1S/C19H18ClN3O3S/c1-23-17(24)11-16(18(25)21-13-7-9-15(26-2)10-8-13)27-19(23)22-14-5-3-12(20)4-6-14/h3-10,16H,11H2,1-2H3,(H,21,25). The molecule has 1 aliphatic heterocycles. The van der Waals surface area contributed by atoms with Gasteiger partial charge in [-0.3, -0.25) is 14.5 Å². The van der Waals surface area contributed by atoms with E-state index < -0.39 is 5.25 Å². The van der Waals surface area contributed by atoms with Crippen molar-refractivity contribution in [3.63, 3.8) is 0 Å². The second-order valence-electron chi connectivity index (χ2n) is 5.85. The molecule has 1 aliphatic rings. The summed E-state index contributed by atoms with van der Waals surface area (Å²) < 4.78 is 5.10. The van der Waals surface area contributed by atoms with Crippen molar-refractivity contribution in [1.29, 1.82) is 0 Å². The molecule has 1 N–H and O–H groups in total. The first-order valence-electron chi connectivity index (χ1n) is 8.18. The Bertz CT molecular complexity index is 869. The smallest absolute Gasteiger partial charge is 0.238 e. The van der Waals surface area contributed by atoms with Crippen LogP contribution in [0.25, 0.3) is 0 Å². The van der Waals surface area contributed by atoms with Crippen LogP contribution in [0.3, 0.4) is 0 Å². The van der Waals surface area contributed by atoms with Crippen LogP contribution in [0.15, 0.2) is 53.5 Å². The molecular weight excluding hydrogens is 386 g/mol. The number of ether oxygens (including phenoxy) is 1. The highest BCUT2D eigenvalue weighted by molar-refractivity contribution is 8.15. The van der Waals surface area contributed by atoms with Crippen molar-refractivity contribution < 1.29 is 14.3 Å². The predicted molar refractivity (Wildman–Crippen MR) is 109 cm³/mol. The molecule has 8 heteroatoms. The SMILES string of the molecule is COc1ccc(NC(=O)C2CC(=O)N(C)C(=Nc3ccc(Cl)cc3)S2)cc1. The number of amides is 2. The number of aliphatic imine (C=N–C) groups is 1. The Labute approximate surface area is 166 Å². The molecule has 2 amide bonds. The molecule has 1 atom stereocenters. The molecule has 27 heavy (non-hydrogen) atoms. The molecule has 0 saturated carbocycles. The number of thioether (sulfide) groups is 1. The van der Waals surface area contributed by atoms with Crippen molar-refractivity contribution in [2.75, 3.05) is 19.5 Å². The lowest BCUT2D eigenvalue weighted by atomic mass is 10.2. The predicted octanol–water partition coefficient (Wildman–Crippen LogP) is 3.94. The van der Waals surface area contributed by atoms with Crippen molar-refractivity contribution in [3.8, 4) is 5.75 Å². The molecule has 0 aromatic heterocycles. The zero-order valence-electron chi connectivity index (χ0n) is 14.8. The quantitative estimate of drug-likeness (QED) is 0.839. The van der Waals surface area contributed by atoms with E-state index in [0.717, 1.165) is 0 Å². The number of carbonyl (C=O) groups excluding carboxylic acids is 2. The first kappa shape index (κ1) is 19.3. The van der Waals surface area contributed by atoms with Gasteiger partial charge in [0.15, 0.2) is 5.17 Å². The normalized spacial score (nSPS) is 18.5. The fraction of sp³-hybridized carbons (Fsp3) is 0.211. The largest absolute Gasteiger partial charge is 0.497 e. The number of nitrogens with zero attached hydrogens (tertiary/aromatic N) is 2. The Morgan fingerprint density at radius 1 is 1.22 bits per heavy atom. The van der Waals surface area contributed by atoms with Gasteiger partial charge in [-0.25, -0.2) is 4.99 Å². The van der Waals surface area contributed by atoms with E-state index >= 15 is 0 Å². The molecule has 1 fully saturated rings. The zero-order valence-corrected chi connectivity index (χ0v) is 16.4. The van der Waals surface area contributed by atoms with Crippen LogP contribution in [0.2, 0.25) is 5.02 Å². The Kier molecular flexibility index (Phi) is 6.03. The Hall–Kier alpha value is -2.51. The van der Waals surface area contributed by atoms with Gasteiger partial charge in [0, 0.05) is 24.2 Å². The molecule has 140 valence electrons. The summed E-state index contributed by atoms with van der Waals surface area (Å²) in [5, 5.41) is 3.36. The van der Waals surface area contributed by atoms with Gasteiger partial charge in [-0.1, -0.05) is 23.4 Å². The van der Waals surface area contributed by atoms with Crippen LogP contribution in [-0.4, -0.2) is 41.3 Å². The lowest BCUT2D eigenvalue weighted by molar-refractivity contribution is -0.128. The average molecular weight is 404 g/mol. The van der Waals surface area contributed by atoms with E-state index in [-0.39, 0.29) is 18.2 Å². The molecule has 0 radical (unpaired) electrons. The van der Waals surface area contributed by atoms with Gasteiger partial charge in [0.05, 0.1) is 12.8 Å². The van der Waals surface area contributed by atoms with Gasteiger partial charge in [-0.05, 0) is 48.5 Å². The highest BCUT2D eigenvalue weighted by atomic mass is 35.5. The number of anilines is 1. The maximum absolute atomic E-state index is 12.6. The molecule has 1 unspecified atom stereocenters. The van der Waals surface area contributed by atoms with Crippen molar-refractivity contribution in [1.82, 2.24) is 4.90 Å². The van der Waals surface area contributed by atoms with Gasteiger partial charge in [-0.15, -0.1) is 0 Å². The summed E-state index contributed by atoms with van der Waals surface area (Å²) in [6.07, 6.45) is 0.114. The highest BCUT2D eigenvalue weighted by Gasteiger charge is 2.34. The number of methoxy groups -OCH3 is 1. The van der Waals surface area contributed by atoms with E-state index in [0.29, 0.717) is 27.3 Å². The summed E-state index contributed by atoms with van der Waals surface area (Å²) in [6, 6.07) is 14.0. The second kappa shape index (κ2) is 8.45. The van der Waals surface area contributed by atoms with Gasteiger partial charge >= 0.3 is 0 Å². The van der Waals surface area contributed by atoms with Crippen LogP contribution in [-0.2, 0) is 9.59 Å². The van der Waals surface area contributed by atoms with Crippen molar-refractivity contribution in [2.24, 2.45) is 4.99 Å². The van der Waals surface area contributed by atoms with Crippen molar-refractivity contribution in [3.05, 3.63) is 53.6 Å². The number of carbonyl (C=O) groups is 2. The molecular formula is C19H18ClN3O3S. The minimum Gasteiger partial charge on any atom is -0.497 e. The van der Waals surface area contributed by atoms with Crippen LogP contribution in [0.4, 0.5) is 11.4 Å². The summed E-state index contributed by atoms with van der Waals surface area (Å²) >= 11 is 7.15. The fourth-order valence-corrected chi connectivity index (χ4v) is 3.61. The minimum absolute atomic E-state index is 0.114. The number of rotatable bonds is 4. The molecule has 1 saturated heterocycles. The van der Waals surface area contributed by atoms with E-state index in [1.807, 2.05) is 0 Å². The lowest BCUT2D eigenvalue weighted by Gasteiger charge is -2.28. The van der Waals surface area contributed by atoms with E-state index in [4.69, 9.17) is 16.3 Å². The Morgan fingerprint density at radius 2 is 1.89 bits per heavy atom. The van der Waals surface area contributed by atoms with E-state index in [9.17, 15) is 9.59 Å². The molecule has 6 nitrogen and oxygen atoms in total. The first-order chi connectivity index (χ1) is 13.0. The van der Waals surface area contributed by atoms with E-state index in [1.165, 1.54) is 16.7 Å². The summed E-state index contributed by atoms with van der Waals surface area (Å²) in [5.74, 6) is 0.306. The maximum atomic E-state index is 12.6. The van der Waals surface area contributed by atoms with E-state index in [1.54, 1.807) is 62.7 Å². The van der Waals surface area contributed by atoms with Gasteiger partial charge in [-0.2, -0.15) is 0 Å². The Balaban J connectivity index is 1.74. The Morgan fingerprint density at radius 3 is 2.52 bits per heavy atom. The number of nitrogens with one attached hydrogen (secondary N) is 1. The third kappa shape index (κ3) is 4.81. The number of hydrogen-bond donors (Lipinski definition) is 1. The minimum atomic E-state index is -0.554. The van der Waals surface area contributed by atoms with Gasteiger partial charge in [0.1, 0.15) is 11.0 Å². The molecule has 1 heterocycles. The van der Waals surface area contributed by atoms with Crippen LogP contribution in [0, 0.1) is 0 Å². The number of amidine groups is 1. The second-order valence-corrected chi connectivity index (χ2v) is 7.46. The van der Waals surface area contributed by atoms with Crippen LogP contribution in [0.1, 0.15) is 6.42 Å². The van der Waals surface area contributed by atoms with E-state index in [2.05, 4.69) is 10.3 Å². The third-order valence-corrected chi connectivity index (χ3v) is 5.46. The average Bonchev–Trinajstić information content (AvgIpc) is 2.67. The molecule has 0 spiro atoms. The topological polar surface area (TPSA) is 71.0 Å². The monoisotopic (exact) mass is 403 g/mol. The number of halogens is 1. The summed E-state index contributed by atoms with van der Waals surface area (Å²) in [6.45, 7) is 0. The lowest BCUT2D eigenvalue weighted by Crippen LogP contribution is -2.43. The maximum Gasteiger partial charge on any atom is 0.238 e. The van der Waals surface area contributed by atoms with Crippen LogP contribution < -0.4 is 10.1 Å². The highest BCUT2D eigenvalue weighted by Crippen LogP contribution is 2.29. The molecule has 2 aromatic rings. The summed E-state index contributed by atoms with van der Waals surface area (Å²) in [5.41, 5.74) is 1.31. The van der Waals surface area contributed by atoms with Gasteiger partial charge in [0.2, 0.25) is 11.8 Å². The fourth-order valence-electron chi connectivity index (χ4n) is 2.42. The first-order valence-corrected chi connectivity index (χ1v) is 9.44. The van der Waals surface area contributed by atoms with Crippen LogP contribution >= 0.6 is 23.4 Å². The summed E-state index contributed by atoms with van der Waals surface area (Å²) in [4.78, 5) is 30.9. The number of hydrogen-bond acceptors (Lipinski definition) is 5. The van der Waals surface area contributed by atoms with Crippen molar-refractivity contribution in [2.45, 2.75) is 11.7 Å². The molecule has 2 aromatic carbocycles. The van der Waals surface area contributed by atoms with Gasteiger partial charge in [0.25, 0.3) is 0 Å². The zero-order chi connectivity index (χ0) is 19.4. The molecule has 0 bridgehead atoms. The van der Waals surface area contributed by atoms with Crippen LogP contribution in [0.5, 0.6) is 5.75 Å². The molecule has 0 aliphatic carbocycles. The third-order valence-electron chi connectivity index (χ3n) is 3.97. The molecule has 3 rings (SSSR count). The van der Waals surface area contributed by atoms with Gasteiger partial charge < -0.3 is 10.1 Å². The summed E-state index contributed by atoms with van der Waals surface area (Å²) in [7, 11) is 3.23. The number of benzene rings is 2.